The first-order valence-electron chi connectivity index (χ1n) is 9.79. The van der Waals surface area contributed by atoms with Crippen LogP contribution in [0.4, 0.5) is 0 Å². The molecule has 1 aromatic carbocycles. The van der Waals surface area contributed by atoms with Crippen molar-refractivity contribution in [1.29, 1.82) is 0 Å². The summed E-state index contributed by atoms with van der Waals surface area (Å²) in [4.78, 5) is 0. The maximum atomic E-state index is 5.69. The van der Waals surface area contributed by atoms with Crippen molar-refractivity contribution in [2.24, 2.45) is 5.41 Å². The molecule has 1 aliphatic carbocycles. The summed E-state index contributed by atoms with van der Waals surface area (Å²) < 4.78 is 7.51. The third kappa shape index (κ3) is 10.1. The summed E-state index contributed by atoms with van der Waals surface area (Å²) in [6.07, 6.45) is 9.91. The summed E-state index contributed by atoms with van der Waals surface area (Å²) in [7, 11) is 0. The zero-order valence-corrected chi connectivity index (χ0v) is 21.1. The molecule has 0 radical (unpaired) electrons. The molecule has 0 saturated carbocycles. The Morgan fingerprint density at radius 1 is 1.11 bits per heavy atom. The predicted molar refractivity (Wildman–Crippen MR) is 119 cm³/mol. The van der Waals surface area contributed by atoms with E-state index in [2.05, 4.69) is 72.9 Å². The Bertz CT molecular complexity index is 700. The molecule has 0 heterocycles. The van der Waals surface area contributed by atoms with E-state index in [0.29, 0.717) is 18.4 Å². The second-order valence-corrected chi connectivity index (χ2v) is 18.8. The third-order valence-electron chi connectivity index (χ3n) is 4.00. The normalized spacial score (nSPS) is 14.0. The Labute approximate surface area is 177 Å². The van der Waals surface area contributed by atoms with Gasteiger partial charge in [-0.2, -0.15) is 0 Å². The van der Waals surface area contributed by atoms with E-state index in [9.17, 15) is 0 Å². The van der Waals surface area contributed by atoms with Crippen LogP contribution in [0.15, 0.2) is 75.4 Å². The summed E-state index contributed by atoms with van der Waals surface area (Å²) in [5.41, 5.74) is 4.15. The molecule has 2 rings (SSSR count). The summed E-state index contributed by atoms with van der Waals surface area (Å²) in [6, 6.07) is 9.84. The molecule has 1 aliphatic rings. The molecule has 0 bridgehead atoms. The Balaban J connectivity index is 0.000000309. The average molecular weight is 417 g/mol. The minimum absolute atomic E-state index is 0.0893. The molecule has 0 aliphatic heterocycles. The molecule has 0 spiro atoms. The molecule has 1 aromatic rings. The summed E-state index contributed by atoms with van der Waals surface area (Å²) in [5, 5.41) is 0. The van der Waals surface area contributed by atoms with Crippen LogP contribution in [-0.2, 0) is 18.4 Å². The molecule has 27 heavy (non-hydrogen) atoms. The average Bonchev–Trinajstić information content (AvgIpc) is 2.96. The molecule has 0 atom stereocenters. The van der Waals surface area contributed by atoms with Gasteiger partial charge in [0, 0.05) is 0 Å². The van der Waals surface area contributed by atoms with Crippen LogP contribution in [-0.4, -0.2) is 6.66 Å². The SMILES string of the molecule is CC(C)=CC(=COc1ccccc1)C(C)(C)C.CC1=[C]([Ti][SiH](C)C)CC=C1. The van der Waals surface area contributed by atoms with Gasteiger partial charge in [-0.05, 0) is 37.0 Å². The topological polar surface area (TPSA) is 9.23 Å². The third-order valence-corrected chi connectivity index (χ3v) is 10.2. The van der Waals surface area contributed by atoms with Crippen molar-refractivity contribution in [3.8, 4) is 5.75 Å². The fourth-order valence-electron chi connectivity index (χ4n) is 2.51. The molecule has 3 heteroatoms. The maximum absolute atomic E-state index is 5.69. The van der Waals surface area contributed by atoms with Crippen LogP contribution in [0.5, 0.6) is 5.75 Å². The summed E-state index contributed by atoms with van der Waals surface area (Å²) in [5.74, 6) is 0.872. The zero-order chi connectivity index (χ0) is 20.4. The minimum atomic E-state index is -0.235. The van der Waals surface area contributed by atoms with Crippen LogP contribution in [0.25, 0.3) is 0 Å². The first-order chi connectivity index (χ1) is 12.6. The fraction of sp³-hybridized carbons (Fsp3) is 0.417. The number of hydrogen-bond acceptors (Lipinski definition) is 1. The fourth-order valence-corrected chi connectivity index (χ4v) is 8.75. The first-order valence-corrected chi connectivity index (χ1v) is 16.2. The van der Waals surface area contributed by atoms with Gasteiger partial charge in [0.15, 0.2) is 0 Å². The van der Waals surface area contributed by atoms with Gasteiger partial charge in [0.05, 0.1) is 6.26 Å². The van der Waals surface area contributed by atoms with E-state index in [1.54, 1.807) is 5.57 Å². The van der Waals surface area contributed by atoms with E-state index in [4.69, 9.17) is 4.74 Å². The van der Waals surface area contributed by atoms with E-state index >= 15 is 0 Å². The van der Waals surface area contributed by atoms with Gasteiger partial charge in [-0.25, -0.2) is 0 Å². The van der Waals surface area contributed by atoms with Crippen molar-refractivity contribution in [2.45, 2.75) is 61.1 Å². The number of allylic oxidation sites excluding steroid dienone is 7. The molecule has 1 nitrogen and oxygen atoms in total. The molecule has 0 N–H and O–H groups in total. The Hall–Kier alpha value is -1.09. The molecule has 0 amide bonds. The number of ether oxygens (including phenoxy) is 1. The van der Waals surface area contributed by atoms with Crippen molar-refractivity contribution in [1.82, 2.24) is 0 Å². The standard InChI is InChI=1S/C16H22O.C6H7.C2H7Si.Ti/c1-13(2)11-14(16(3,4)5)12-17-15-9-7-6-8-10-15;1-6-4-2-3-5-6;1-3-2;/h6-12H,1-5H3;2,4H,3H2,1H3;3H,1-2H3;. The van der Waals surface area contributed by atoms with Crippen molar-refractivity contribution in [3.05, 3.63) is 75.4 Å². The van der Waals surface area contributed by atoms with Crippen LogP contribution in [0.1, 0.15) is 48.0 Å². The first kappa shape index (κ1) is 23.9. The zero-order valence-electron chi connectivity index (χ0n) is 18.4. The van der Waals surface area contributed by atoms with Gasteiger partial charge in [0.25, 0.3) is 0 Å². The number of hydrogen-bond donors (Lipinski definition) is 0. The van der Waals surface area contributed by atoms with Crippen molar-refractivity contribution < 1.29 is 23.1 Å². The van der Waals surface area contributed by atoms with E-state index in [1.165, 1.54) is 17.6 Å². The van der Waals surface area contributed by atoms with E-state index in [-0.39, 0.29) is 12.1 Å². The van der Waals surface area contributed by atoms with Gasteiger partial charge in [-0.1, -0.05) is 50.6 Å². The number of para-hydroxylation sites is 1. The van der Waals surface area contributed by atoms with Crippen LogP contribution >= 0.6 is 0 Å². The Kier molecular flexibility index (Phi) is 10.4. The van der Waals surface area contributed by atoms with E-state index in [0.717, 1.165) is 5.75 Å². The van der Waals surface area contributed by atoms with Crippen LogP contribution in [0.3, 0.4) is 0 Å². The summed E-state index contributed by atoms with van der Waals surface area (Å²) in [6.45, 7) is 17.7. The van der Waals surface area contributed by atoms with E-state index < -0.39 is 0 Å². The summed E-state index contributed by atoms with van der Waals surface area (Å²) >= 11 is 0.350. The van der Waals surface area contributed by atoms with Gasteiger partial charge < -0.3 is 4.74 Å². The molecule has 0 unspecified atom stereocenters. The van der Waals surface area contributed by atoms with Gasteiger partial charge in [0.1, 0.15) is 5.75 Å². The monoisotopic (exact) mass is 416 g/mol. The van der Waals surface area contributed by atoms with Gasteiger partial charge >= 0.3 is 73.1 Å². The molecule has 146 valence electrons. The molecular weight excluding hydrogens is 380 g/mol. The number of benzene rings is 1. The van der Waals surface area contributed by atoms with Crippen molar-refractivity contribution >= 4 is 6.66 Å². The number of rotatable bonds is 5. The second kappa shape index (κ2) is 11.7. The van der Waals surface area contributed by atoms with Crippen LogP contribution in [0.2, 0.25) is 13.1 Å². The molecule has 0 saturated heterocycles. The molecule has 0 fully saturated rings. The van der Waals surface area contributed by atoms with Gasteiger partial charge in [0.2, 0.25) is 0 Å². The Morgan fingerprint density at radius 2 is 1.74 bits per heavy atom. The Morgan fingerprint density at radius 3 is 2.19 bits per heavy atom. The second-order valence-electron chi connectivity index (χ2n) is 8.54. The van der Waals surface area contributed by atoms with Crippen molar-refractivity contribution in [2.75, 3.05) is 0 Å². The van der Waals surface area contributed by atoms with Gasteiger partial charge in [-0.15, -0.1) is 0 Å². The van der Waals surface area contributed by atoms with Crippen molar-refractivity contribution in [3.63, 3.8) is 0 Å². The molecular formula is C24H36OSiTi. The van der Waals surface area contributed by atoms with Gasteiger partial charge in [-0.3, -0.25) is 0 Å². The van der Waals surface area contributed by atoms with Crippen LogP contribution < -0.4 is 4.74 Å². The quantitative estimate of drug-likeness (QED) is 0.279. The molecule has 0 aromatic heterocycles. The predicted octanol–water partition coefficient (Wildman–Crippen LogP) is 7.25. The van der Waals surface area contributed by atoms with Crippen LogP contribution in [0, 0.1) is 5.41 Å². The van der Waals surface area contributed by atoms with E-state index in [1.807, 2.05) is 40.5 Å².